The molecule has 0 saturated heterocycles. The minimum Gasteiger partial charge on any atom is -0.396 e. The lowest BCUT2D eigenvalue weighted by Gasteiger charge is -2.15. The van der Waals surface area contributed by atoms with Gasteiger partial charge in [-0.25, -0.2) is 4.39 Å². The highest BCUT2D eigenvalue weighted by Crippen LogP contribution is 2.15. The van der Waals surface area contributed by atoms with E-state index in [9.17, 15) is 14.3 Å². The number of carbonyl (C=O) groups is 1. The summed E-state index contributed by atoms with van der Waals surface area (Å²) < 4.78 is 13.6. The number of carbonyl (C=O) groups excluding carboxylic acids is 1. The first kappa shape index (κ1) is 15.7. The summed E-state index contributed by atoms with van der Waals surface area (Å²) in [4.78, 5) is 12.0. The van der Waals surface area contributed by atoms with Gasteiger partial charge in [0.05, 0.1) is 5.56 Å². The molecule has 0 bridgehead atoms. The highest BCUT2D eigenvalue weighted by molar-refractivity contribution is 7.08. The zero-order valence-electron chi connectivity index (χ0n) is 11.8. The second kappa shape index (κ2) is 7.33. The highest BCUT2D eigenvalue weighted by atomic mass is 32.1. The third-order valence-corrected chi connectivity index (χ3v) is 4.24. The van der Waals surface area contributed by atoms with Crippen molar-refractivity contribution in [3.63, 3.8) is 0 Å². The van der Waals surface area contributed by atoms with Crippen molar-refractivity contribution in [2.24, 2.45) is 5.92 Å². The lowest BCUT2D eigenvalue weighted by atomic mass is 9.99. The number of halogens is 1. The number of benzene rings is 1. The molecule has 2 rings (SSSR count). The Hall–Kier alpha value is -1.72. The molecule has 1 atom stereocenters. The predicted octanol–water partition coefficient (Wildman–Crippen LogP) is 2.78. The van der Waals surface area contributed by atoms with Crippen molar-refractivity contribution in [2.75, 3.05) is 13.2 Å². The summed E-state index contributed by atoms with van der Waals surface area (Å²) in [6.45, 7) is 2.10. The molecule has 112 valence electrons. The molecule has 0 aliphatic heterocycles. The van der Waals surface area contributed by atoms with Crippen LogP contribution in [0.2, 0.25) is 0 Å². The standard InChI is InChI=1S/C16H18FNO2S/c1-11-9-21-10-14(11)16(20)18-7-12(8-19)6-13-4-2-3-5-15(13)17/h2-5,9-10,12,19H,6-8H2,1H3,(H,18,20). The highest BCUT2D eigenvalue weighted by Gasteiger charge is 2.15. The van der Waals surface area contributed by atoms with Crippen molar-refractivity contribution in [3.8, 4) is 0 Å². The van der Waals surface area contributed by atoms with Crippen molar-refractivity contribution in [1.82, 2.24) is 5.32 Å². The molecule has 0 aliphatic carbocycles. The first-order valence-electron chi connectivity index (χ1n) is 6.77. The second-order valence-electron chi connectivity index (χ2n) is 5.02. The van der Waals surface area contributed by atoms with Gasteiger partial charge in [-0.05, 0) is 35.9 Å². The van der Waals surface area contributed by atoms with E-state index in [4.69, 9.17) is 0 Å². The summed E-state index contributed by atoms with van der Waals surface area (Å²) in [7, 11) is 0. The molecule has 3 nitrogen and oxygen atoms in total. The maximum Gasteiger partial charge on any atom is 0.252 e. The Balaban J connectivity index is 1.93. The van der Waals surface area contributed by atoms with Crippen LogP contribution in [0, 0.1) is 18.7 Å². The van der Waals surface area contributed by atoms with Crippen molar-refractivity contribution >= 4 is 17.2 Å². The number of hydrogen-bond donors (Lipinski definition) is 2. The molecule has 1 aromatic heterocycles. The van der Waals surface area contributed by atoms with Crippen LogP contribution in [0.1, 0.15) is 21.5 Å². The Labute approximate surface area is 127 Å². The lowest BCUT2D eigenvalue weighted by molar-refractivity contribution is 0.0940. The van der Waals surface area contributed by atoms with E-state index >= 15 is 0 Å². The van der Waals surface area contributed by atoms with Crippen LogP contribution in [-0.4, -0.2) is 24.2 Å². The van der Waals surface area contributed by atoms with Crippen LogP contribution in [0.4, 0.5) is 4.39 Å². The van der Waals surface area contributed by atoms with Gasteiger partial charge in [0, 0.05) is 24.4 Å². The van der Waals surface area contributed by atoms with Gasteiger partial charge in [0.15, 0.2) is 0 Å². The average molecular weight is 307 g/mol. The van der Waals surface area contributed by atoms with Gasteiger partial charge in [-0.3, -0.25) is 4.79 Å². The van der Waals surface area contributed by atoms with E-state index in [1.807, 2.05) is 12.3 Å². The fraction of sp³-hybridized carbons (Fsp3) is 0.312. The summed E-state index contributed by atoms with van der Waals surface area (Å²) in [6, 6.07) is 6.49. The van der Waals surface area contributed by atoms with E-state index in [1.165, 1.54) is 17.4 Å². The number of amides is 1. The van der Waals surface area contributed by atoms with Crippen molar-refractivity contribution in [2.45, 2.75) is 13.3 Å². The quantitative estimate of drug-likeness (QED) is 0.862. The monoisotopic (exact) mass is 307 g/mol. The molecule has 21 heavy (non-hydrogen) atoms. The molecular formula is C16H18FNO2S. The summed E-state index contributed by atoms with van der Waals surface area (Å²) >= 11 is 1.48. The molecular weight excluding hydrogens is 289 g/mol. The predicted molar refractivity (Wildman–Crippen MR) is 82.1 cm³/mol. The van der Waals surface area contributed by atoms with Crippen LogP contribution in [-0.2, 0) is 6.42 Å². The summed E-state index contributed by atoms with van der Waals surface area (Å²) in [6.07, 6.45) is 0.395. The molecule has 0 fully saturated rings. The molecule has 1 unspecified atom stereocenters. The molecule has 0 radical (unpaired) electrons. The fourth-order valence-electron chi connectivity index (χ4n) is 2.10. The van der Waals surface area contributed by atoms with E-state index in [0.29, 0.717) is 24.1 Å². The Morgan fingerprint density at radius 2 is 2.14 bits per heavy atom. The van der Waals surface area contributed by atoms with E-state index in [0.717, 1.165) is 5.56 Å². The fourth-order valence-corrected chi connectivity index (χ4v) is 2.93. The zero-order chi connectivity index (χ0) is 15.2. The Bertz CT molecular complexity index is 612. The maximum atomic E-state index is 13.6. The van der Waals surface area contributed by atoms with Crippen LogP contribution >= 0.6 is 11.3 Å². The van der Waals surface area contributed by atoms with Crippen LogP contribution < -0.4 is 5.32 Å². The van der Waals surface area contributed by atoms with Crippen LogP contribution in [0.5, 0.6) is 0 Å². The van der Waals surface area contributed by atoms with Gasteiger partial charge >= 0.3 is 0 Å². The van der Waals surface area contributed by atoms with Crippen LogP contribution in [0.25, 0.3) is 0 Å². The molecule has 0 saturated carbocycles. The first-order valence-corrected chi connectivity index (χ1v) is 7.71. The van der Waals surface area contributed by atoms with Crippen molar-refractivity contribution < 1.29 is 14.3 Å². The van der Waals surface area contributed by atoms with Gasteiger partial charge in [0.1, 0.15) is 5.82 Å². The second-order valence-corrected chi connectivity index (χ2v) is 5.77. The van der Waals surface area contributed by atoms with Gasteiger partial charge in [-0.15, -0.1) is 0 Å². The van der Waals surface area contributed by atoms with Crippen LogP contribution in [0.3, 0.4) is 0 Å². The number of rotatable bonds is 6. The molecule has 0 spiro atoms. The number of thiophene rings is 1. The van der Waals surface area contributed by atoms with Gasteiger partial charge in [-0.2, -0.15) is 11.3 Å². The zero-order valence-corrected chi connectivity index (χ0v) is 12.6. The summed E-state index contributed by atoms with van der Waals surface area (Å²) in [5.74, 6) is -0.638. The molecule has 1 amide bonds. The lowest BCUT2D eigenvalue weighted by Crippen LogP contribution is -2.32. The topological polar surface area (TPSA) is 49.3 Å². The summed E-state index contributed by atoms with van der Waals surface area (Å²) in [5, 5.41) is 15.9. The average Bonchev–Trinajstić information content (AvgIpc) is 2.91. The third kappa shape index (κ3) is 4.12. The Morgan fingerprint density at radius 1 is 1.38 bits per heavy atom. The summed E-state index contributed by atoms with van der Waals surface area (Å²) in [5.41, 5.74) is 2.15. The van der Waals surface area contributed by atoms with E-state index < -0.39 is 0 Å². The number of aliphatic hydroxyl groups excluding tert-OH is 1. The Morgan fingerprint density at radius 3 is 2.76 bits per heavy atom. The number of nitrogens with one attached hydrogen (secondary N) is 1. The molecule has 2 aromatic rings. The minimum atomic E-state index is -0.282. The number of aliphatic hydroxyl groups is 1. The number of hydrogen-bond acceptors (Lipinski definition) is 3. The molecule has 0 aliphatic rings. The van der Waals surface area contributed by atoms with Crippen LogP contribution in [0.15, 0.2) is 35.0 Å². The van der Waals surface area contributed by atoms with E-state index in [-0.39, 0.29) is 24.2 Å². The van der Waals surface area contributed by atoms with Crippen molar-refractivity contribution in [1.29, 1.82) is 0 Å². The molecule has 1 aromatic carbocycles. The smallest absolute Gasteiger partial charge is 0.252 e. The molecule has 2 N–H and O–H groups in total. The van der Waals surface area contributed by atoms with Gasteiger partial charge in [0.25, 0.3) is 5.91 Å². The minimum absolute atomic E-state index is 0.1000. The number of aryl methyl sites for hydroxylation is 1. The Kier molecular flexibility index (Phi) is 5.47. The largest absolute Gasteiger partial charge is 0.396 e. The van der Waals surface area contributed by atoms with Gasteiger partial charge in [-0.1, -0.05) is 18.2 Å². The SMILES string of the molecule is Cc1cscc1C(=O)NCC(CO)Cc1ccccc1F. The third-order valence-electron chi connectivity index (χ3n) is 3.38. The van der Waals surface area contributed by atoms with E-state index in [2.05, 4.69) is 5.32 Å². The maximum absolute atomic E-state index is 13.6. The molecule has 1 heterocycles. The molecule has 5 heteroatoms. The van der Waals surface area contributed by atoms with E-state index in [1.54, 1.807) is 23.6 Å². The first-order chi connectivity index (χ1) is 10.1. The van der Waals surface area contributed by atoms with Gasteiger partial charge in [0.2, 0.25) is 0 Å². The normalized spacial score (nSPS) is 12.1. The van der Waals surface area contributed by atoms with Crippen molar-refractivity contribution in [3.05, 3.63) is 57.5 Å². The van der Waals surface area contributed by atoms with Gasteiger partial charge < -0.3 is 10.4 Å².